The summed E-state index contributed by atoms with van der Waals surface area (Å²) in [5, 5.41) is 17.9. The maximum Gasteiger partial charge on any atom is 0.408 e. The Bertz CT molecular complexity index is 1190. The van der Waals surface area contributed by atoms with E-state index in [4.69, 9.17) is 14.2 Å². The highest BCUT2D eigenvalue weighted by Gasteiger charge is 2.33. The van der Waals surface area contributed by atoms with E-state index < -0.39 is 53.7 Å². The van der Waals surface area contributed by atoms with Crippen molar-refractivity contribution in [2.45, 2.75) is 90.8 Å². The van der Waals surface area contributed by atoms with Gasteiger partial charge in [0.1, 0.15) is 30.0 Å². The van der Waals surface area contributed by atoms with E-state index in [0.717, 1.165) is 12.7 Å². The number of aliphatic hydroxyl groups is 1. The first-order valence-corrected chi connectivity index (χ1v) is 14.3. The molecule has 11 nitrogen and oxygen atoms in total. The summed E-state index contributed by atoms with van der Waals surface area (Å²) in [5.41, 5.74) is 0.937. The topological polar surface area (TPSA) is 152 Å². The van der Waals surface area contributed by atoms with Crippen LogP contribution in [0.4, 0.5) is 4.79 Å². The molecule has 0 heterocycles. The highest BCUT2D eigenvalue weighted by Crippen LogP contribution is 2.16. The Morgan fingerprint density at radius 1 is 0.814 bits per heavy atom. The molecular weight excluding hydrogens is 554 g/mol. The first kappa shape index (κ1) is 35.1. The summed E-state index contributed by atoms with van der Waals surface area (Å²) >= 11 is 0. The highest BCUT2D eigenvalue weighted by atomic mass is 16.6. The van der Waals surface area contributed by atoms with E-state index in [1.807, 2.05) is 44.2 Å². The van der Waals surface area contributed by atoms with Gasteiger partial charge in [-0.1, -0.05) is 56.3 Å². The largest absolute Gasteiger partial charge is 0.489 e. The number of alkyl carbamates (subject to hydrolysis) is 1. The zero-order valence-electron chi connectivity index (χ0n) is 26.0. The number of nitrogens with one attached hydrogen (secondary N) is 3. The van der Waals surface area contributed by atoms with Crippen molar-refractivity contribution in [1.82, 2.24) is 16.0 Å². The average Bonchev–Trinajstić information content (AvgIpc) is 2.93. The number of hydrogen-bond donors (Lipinski definition) is 4. The van der Waals surface area contributed by atoms with Gasteiger partial charge in [-0.05, 0) is 63.3 Å². The second kappa shape index (κ2) is 16.5. The number of aliphatic hydroxyl groups excluding tert-OH is 1. The Hall–Kier alpha value is -4.12. The van der Waals surface area contributed by atoms with Crippen LogP contribution < -0.4 is 20.7 Å². The number of benzene rings is 2. The number of ether oxygens (including phenoxy) is 3. The third-order valence-electron chi connectivity index (χ3n) is 6.19. The molecule has 0 saturated heterocycles. The molecule has 2 rings (SSSR count). The number of hydrogen-bond acceptors (Lipinski definition) is 8. The van der Waals surface area contributed by atoms with Gasteiger partial charge in [0.2, 0.25) is 11.8 Å². The standard InChI is InChI=1S/C32H45N3O8/c1-20(2)17-25(34-31(40)43-32(4,5)6)28(37)33-26(29(38)35-27(21(3)36)30(39)41-7)18-22-13-15-24(16-14-22)42-19-23-11-9-8-10-12-23/h8-16,20-21,25-27,36H,17-19H2,1-7H3,(H,33,37)(H,34,40)(H,35,38)/t21-,25-,26+,27-/m1/s1. The van der Waals surface area contributed by atoms with Crippen LogP contribution in [0.3, 0.4) is 0 Å². The van der Waals surface area contributed by atoms with Gasteiger partial charge in [-0.25, -0.2) is 9.59 Å². The van der Waals surface area contributed by atoms with Crippen LogP contribution in [0.1, 0.15) is 59.1 Å². The summed E-state index contributed by atoms with van der Waals surface area (Å²) in [4.78, 5) is 51.5. The lowest BCUT2D eigenvalue weighted by atomic mass is 10.0. The Labute approximate surface area is 253 Å². The van der Waals surface area contributed by atoms with E-state index in [1.165, 1.54) is 6.92 Å². The molecule has 0 aliphatic rings. The molecule has 2 aromatic carbocycles. The lowest BCUT2D eigenvalue weighted by molar-refractivity contribution is -0.148. The molecule has 43 heavy (non-hydrogen) atoms. The van der Waals surface area contributed by atoms with Gasteiger partial charge in [-0.15, -0.1) is 0 Å². The van der Waals surface area contributed by atoms with Crippen molar-refractivity contribution >= 4 is 23.9 Å². The van der Waals surface area contributed by atoms with Crippen LogP contribution in [-0.4, -0.2) is 65.9 Å². The molecule has 236 valence electrons. The number of carbonyl (C=O) groups excluding carboxylic acids is 4. The predicted molar refractivity (Wildman–Crippen MR) is 161 cm³/mol. The molecule has 0 bridgehead atoms. The van der Waals surface area contributed by atoms with Crippen molar-refractivity contribution in [1.29, 1.82) is 0 Å². The molecule has 3 amide bonds. The Balaban J connectivity index is 2.25. The van der Waals surface area contributed by atoms with Gasteiger partial charge in [-0.2, -0.15) is 0 Å². The van der Waals surface area contributed by atoms with Crippen molar-refractivity contribution in [3.8, 4) is 5.75 Å². The number of methoxy groups -OCH3 is 1. The SMILES string of the molecule is COC(=O)[C@H](NC(=O)[C@H](Cc1ccc(OCc2ccccc2)cc1)NC(=O)[C@@H](CC(C)C)NC(=O)OC(C)(C)C)[C@@H](C)O. The van der Waals surface area contributed by atoms with E-state index >= 15 is 0 Å². The molecule has 0 saturated carbocycles. The molecule has 4 N–H and O–H groups in total. The molecular formula is C32H45N3O8. The summed E-state index contributed by atoms with van der Waals surface area (Å²) in [6, 6.07) is 13.2. The van der Waals surface area contributed by atoms with Gasteiger partial charge in [0.05, 0.1) is 13.2 Å². The first-order chi connectivity index (χ1) is 20.2. The highest BCUT2D eigenvalue weighted by molar-refractivity contribution is 5.93. The third kappa shape index (κ3) is 12.7. The summed E-state index contributed by atoms with van der Waals surface area (Å²) in [7, 11) is 1.14. The lowest BCUT2D eigenvalue weighted by Gasteiger charge is -2.27. The number of esters is 1. The van der Waals surface area contributed by atoms with Crippen LogP contribution in [0, 0.1) is 5.92 Å². The van der Waals surface area contributed by atoms with Crippen molar-refractivity contribution in [3.63, 3.8) is 0 Å². The van der Waals surface area contributed by atoms with Crippen molar-refractivity contribution < 1.29 is 38.5 Å². The fraction of sp³-hybridized carbons (Fsp3) is 0.500. The van der Waals surface area contributed by atoms with Crippen LogP contribution >= 0.6 is 0 Å². The van der Waals surface area contributed by atoms with Gasteiger partial charge in [0.15, 0.2) is 6.04 Å². The van der Waals surface area contributed by atoms with Crippen molar-refractivity contribution in [2.24, 2.45) is 5.92 Å². The molecule has 0 spiro atoms. The monoisotopic (exact) mass is 599 g/mol. The second-order valence-electron chi connectivity index (χ2n) is 11.8. The smallest absolute Gasteiger partial charge is 0.408 e. The number of carbonyl (C=O) groups is 4. The number of rotatable bonds is 14. The van der Waals surface area contributed by atoms with Gasteiger partial charge in [0.25, 0.3) is 0 Å². The Kier molecular flexibility index (Phi) is 13.5. The molecule has 11 heteroatoms. The molecule has 0 aliphatic heterocycles. The van der Waals surface area contributed by atoms with Crippen molar-refractivity contribution in [2.75, 3.05) is 7.11 Å². The quantitative estimate of drug-likeness (QED) is 0.242. The minimum atomic E-state index is -1.35. The average molecular weight is 600 g/mol. The van der Waals surface area contributed by atoms with E-state index in [-0.39, 0.29) is 18.8 Å². The lowest BCUT2D eigenvalue weighted by Crippen LogP contribution is -2.58. The molecule has 0 aliphatic carbocycles. The van der Waals surface area contributed by atoms with Gasteiger partial charge >= 0.3 is 12.1 Å². The molecule has 4 atom stereocenters. The van der Waals surface area contributed by atoms with Crippen LogP contribution in [0.15, 0.2) is 54.6 Å². The minimum absolute atomic E-state index is 0.0281. The molecule has 0 radical (unpaired) electrons. The van der Waals surface area contributed by atoms with Gasteiger partial charge < -0.3 is 35.3 Å². The summed E-state index contributed by atoms with van der Waals surface area (Å²) < 4.78 is 15.9. The predicted octanol–water partition coefficient (Wildman–Crippen LogP) is 3.27. The zero-order valence-corrected chi connectivity index (χ0v) is 26.0. The Morgan fingerprint density at radius 3 is 1.95 bits per heavy atom. The summed E-state index contributed by atoms with van der Waals surface area (Å²) in [5.74, 6) is -1.50. The molecule has 0 unspecified atom stereocenters. The Morgan fingerprint density at radius 2 is 1.42 bits per heavy atom. The van der Waals surface area contributed by atoms with E-state index in [1.54, 1.807) is 45.0 Å². The summed E-state index contributed by atoms with van der Waals surface area (Å²) in [6.07, 6.45) is -1.69. The van der Waals surface area contributed by atoms with Crippen LogP contribution in [0.5, 0.6) is 5.75 Å². The zero-order chi connectivity index (χ0) is 32.2. The minimum Gasteiger partial charge on any atom is -0.489 e. The van der Waals surface area contributed by atoms with Gasteiger partial charge in [0, 0.05) is 6.42 Å². The van der Waals surface area contributed by atoms with E-state index in [2.05, 4.69) is 16.0 Å². The van der Waals surface area contributed by atoms with Crippen LogP contribution in [-0.2, 0) is 36.9 Å². The third-order valence-corrected chi connectivity index (χ3v) is 6.19. The van der Waals surface area contributed by atoms with Crippen LogP contribution in [0.25, 0.3) is 0 Å². The second-order valence-corrected chi connectivity index (χ2v) is 11.8. The first-order valence-electron chi connectivity index (χ1n) is 14.3. The number of amides is 3. The maximum atomic E-state index is 13.4. The molecule has 2 aromatic rings. The van der Waals surface area contributed by atoms with E-state index in [0.29, 0.717) is 17.9 Å². The molecule has 0 fully saturated rings. The fourth-order valence-electron chi connectivity index (χ4n) is 4.09. The van der Waals surface area contributed by atoms with Gasteiger partial charge in [-0.3, -0.25) is 9.59 Å². The summed E-state index contributed by atoms with van der Waals surface area (Å²) in [6.45, 7) is 10.6. The van der Waals surface area contributed by atoms with Crippen molar-refractivity contribution in [3.05, 3.63) is 65.7 Å². The molecule has 0 aromatic heterocycles. The fourth-order valence-corrected chi connectivity index (χ4v) is 4.09. The van der Waals surface area contributed by atoms with Crippen LogP contribution in [0.2, 0.25) is 0 Å². The van der Waals surface area contributed by atoms with E-state index in [9.17, 15) is 24.3 Å². The maximum absolute atomic E-state index is 13.4. The normalized spacial score (nSPS) is 14.1.